The van der Waals surface area contributed by atoms with Gasteiger partial charge in [0.25, 0.3) is 0 Å². The van der Waals surface area contributed by atoms with Crippen LogP contribution >= 0.6 is 0 Å². The lowest BCUT2D eigenvalue weighted by Gasteiger charge is -2.26. The lowest BCUT2D eigenvalue weighted by Crippen LogP contribution is -2.24. The number of hydrogen-bond acceptors (Lipinski definition) is 3. The molecule has 25 heavy (non-hydrogen) atoms. The van der Waals surface area contributed by atoms with Crippen LogP contribution in [0, 0.1) is 5.41 Å². The van der Waals surface area contributed by atoms with E-state index in [4.69, 9.17) is 4.74 Å². The zero-order valence-corrected chi connectivity index (χ0v) is 15.9. The lowest BCUT2D eigenvalue weighted by atomic mass is 9.78. The van der Waals surface area contributed by atoms with E-state index in [-0.39, 0.29) is 16.6 Å². The minimum atomic E-state index is -0.465. The second-order valence-corrected chi connectivity index (χ2v) is 8.43. The fourth-order valence-electron chi connectivity index (χ4n) is 2.97. The Kier molecular flexibility index (Phi) is 5.79. The molecule has 2 rings (SSSR count). The minimum Gasteiger partial charge on any atom is -0.508 e. The Morgan fingerprint density at radius 2 is 1.32 bits per heavy atom. The van der Waals surface area contributed by atoms with E-state index >= 15 is 0 Å². The Balaban J connectivity index is 2.02. The first-order valence-electron chi connectivity index (χ1n) is 8.79. The number of aromatic hydroxyl groups is 1. The van der Waals surface area contributed by atoms with Crippen molar-refractivity contribution >= 4 is 0 Å². The molecule has 0 aliphatic heterocycles. The van der Waals surface area contributed by atoms with Crippen molar-refractivity contribution in [2.45, 2.75) is 52.6 Å². The van der Waals surface area contributed by atoms with Gasteiger partial charge in [0, 0.05) is 5.41 Å². The van der Waals surface area contributed by atoms with Crippen LogP contribution in [0.5, 0.6) is 11.5 Å². The normalized spacial score (nSPS) is 13.5. The Hall–Kier alpha value is -2.00. The van der Waals surface area contributed by atoms with Gasteiger partial charge >= 0.3 is 0 Å². The predicted octanol–water partition coefficient (Wildman–Crippen LogP) is 4.89. The first-order chi connectivity index (χ1) is 11.6. The second kappa shape index (κ2) is 7.49. The van der Waals surface area contributed by atoms with E-state index in [0.29, 0.717) is 13.0 Å². The van der Waals surface area contributed by atoms with Gasteiger partial charge in [0.05, 0.1) is 6.10 Å². The van der Waals surface area contributed by atoms with E-state index in [1.165, 1.54) is 5.56 Å². The van der Waals surface area contributed by atoms with Gasteiger partial charge in [-0.2, -0.15) is 0 Å². The molecule has 0 aromatic heterocycles. The van der Waals surface area contributed by atoms with Crippen LogP contribution in [0.3, 0.4) is 0 Å². The summed E-state index contributed by atoms with van der Waals surface area (Å²) in [6.45, 7) is 10.9. The molecule has 2 N–H and O–H groups in total. The summed E-state index contributed by atoms with van der Waals surface area (Å²) in [5.74, 6) is 1.04. The first-order valence-corrected chi connectivity index (χ1v) is 8.79. The van der Waals surface area contributed by atoms with Gasteiger partial charge in [0.2, 0.25) is 0 Å². The van der Waals surface area contributed by atoms with Gasteiger partial charge in [-0.15, -0.1) is 0 Å². The maximum atomic E-state index is 10.1. The standard InChI is InChI=1S/C22H30O3/c1-21(2,3)14-19(24)15-25-20-12-8-17(9-13-20)22(4,5)16-6-10-18(23)11-7-16/h6-13,19,23-24H,14-15H2,1-5H3. The molecule has 0 amide bonds. The number of aliphatic hydroxyl groups excluding tert-OH is 1. The van der Waals surface area contributed by atoms with Crippen molar-refractivity contribution < 1.29 is 14.9 Å². The maximum Gasteiger partial charge on any atom is 0.119 e. The average molecular weight is 342 g/mol. The molecular formula is C22H30O3. The van der Waals surface area contributed by atoms with Crippen molar-refractivity contribution in [3.63, 3.8) is 0 Å². The van der Waals surface area contributed by atoms with Crippen molar-refractivity contribution in [3.05, 3.63) is 59.7 Å². The molecule has 0 radical (unpaired) electrons. The van der Waals surface area contributed by atoms with E-state index in [1.54, 1.807) is 12.1 Å². The molecule has 0 aliphatic rings. The van der Waals surface area contributed by atoms with E-state index in [2.05, 4.69) is 46.8 Å². The molecule has 0 spiro atoms. The highest BCUT2D eigenvalue weighted by atomic mass is 16.5. The summed E-state index contributed by atoms with van der Waals surface area (Å²) in [7, 11) is 0. The predicted molar refractivity (Wildman–Crippen MR) is 102 cm³/mol. The zero-order valence-electron chi connectivity index (χ0n) is 15.9. The molecule has 2 aromatic rings. The largest absolute Gasteiger partial charge is 0.508 e. The summed E-state index contributed by atoms with van der Waals surface area (Å²) < 4.78 is 5.72. The summed E-state index contributed by atoms with van der Waals surface area (Å²) in [5.41, 5.74) is 2.22. The van der Waals surface area contributed by atoms with Gasteiger partial charge < -0.3 is 14.9 Å². The molecule has 0 bridgehead atoms. The van der Waals surface area contributed by atoms with E-state index < -0.39 is 6.10 Å². The van der Waals surface area contributed by atoms with Gasteiger partial charge in [-0.25, -0.2) is 0 Å². The van der Waals surface area contributed by atoms with Crippen LogP contribution in [0.4, 0.5) is 0 Å². The molecule has 0 aliphatic carbocycles. The zero-order chi connectivity index (χ0) is 18.7. The summed E-state index contributed by atoms with van der Waals surface area (Å²) >= 11 is 0. The smallest absolute Gasteiger partial charge is 0.119 e. The Bertz CT molecular complexity index is 664. The molecule has 3 nitrogen and oxygen atoms in total. The highest BCUT2D eigenvalue weighted by molar-refractivity contribution is 5.41. The number of hydrogen-bond donors (Lipinski definition) is 2. The molecule has 136 valence electrons. The minimum absolute atomic E-state index is 0.0841. The molecule has 3 heteroatoms. The van der Waals surface area contributed by atoms with Crippen LogP contribution in [-0.2, 0) is 5.41 Å². The third kappa shape index (κ3) is 5.50. The number of aliphatic hydroxyl groups is 1. The summed E-state index contributed by atoms with van der Waals surface area (Å²) in [6.07, 6.45) is 0.243. The van der Waals surface area contributed by atoms with E-state index in [1.807, 2.05) is 24.3 Å². The topological polar surface area (TPSA) is 49.7 Å². The van der Waals surface area contributed by atoms with Crippen molar-refractivity contribution in [2.75, 3.05) is 6.61 Å². The number of phenolic OH excluding ortho intramolecular Hbond substituents is 1. The molecule has 1 atom stereocenters. The van der Waals surface area contributed by atoms with Crippen LogP contribution < -0.4 is 4.74 Å². The quantitative estimate of drug-likeness (QED) is 0.785. The highest BCUT2D eigenvalue weighted by Crippen LogP contribution is 2.33. The molecule has 0 fully saturated rings. The maximum absolute atomic E-state index is 10.1. The van der Waals surface area contributed by atoms with Crippen LogP contribution in [0.1, 0.15) is 52.2 Å². The average Bonchev–Trinajstić information content (AvgIpc) is 2.52. The fraction of sp³-hybridized carbons (Fsp3) is 0.455. The molecule has 0 heterocycles. The summed E-state index contributed by atoms with van der Waals surface area (Å²) in [6, 6.07) is 15.3. The summed E-state index contributed by atoms with van der Waals surface area (Å²) in [5, 5.41) is 19.5. The van der Waals surface area contributed by atoms with Gasteiger partial charge in [-0.3, -0.25) is 0 Å². The van der Waals surface area contributed by atoms with Crippen molar-refractivity contribution in [2.24, 2.45) is 5.41 Å². The van der Waals surface area contributed by atoms with E-state index in [0.717, 1.165) is 11.3 Å². The lowest BCUT2D eigenvalue weighted by molar-refractivity contribution is 0.0710. The Morgan fingerprint density at radius 3 is 1.80 bits per heavy atom. The van der Waals surface area contributed by atoms with Crippen LogP contribution in [-0.4, -0.2) is 22.9 Å². The molecule has 0 saturated carbocycles. The van der Waals surface area contributed by atoms with Crippen LogP contribution in [0.2, 0.25) is 0 Å². The Labute approximate surface area is 151 Å². The molecule has 2 aromatic carbocycles. The van der Waals surface area contributed by atoms with E-state index in [9.17, 15) is 10.2 Å². The molecule has 1 unspecified atom stereocenters. The number of ether oxygens (including phenoxy) is 1. The Morgan fingerprint density at radius 1 is 0.840 bits per heavy atom. The SMILES string of the molecule is CC(C)(C)CC(O)COc1ccc(C(C)(C)c2ccc(O)cc2)cc1. The fourth-order valence-corrected chi connectivity index (χ4v) is 2.97. The number of benzene rings is 2. The van der Waals surface area contributed by atoms with Crippen LogP contribution in [0.25, 0.3) is 0 Å². The summed E-state index contributed by atoms with van der Waals surface area (Å²) in [4.78, 5) is 0. The van der Waals surface area contributed by atoms with Crippen LogP contribution in [0.15, 0.2) is 48.5 Å². The number of phenols is 1. The third-order valence-corrected chi connectivity index (χ3v) is 4.46. The van der Waals surface area contributed by atoms with Crippen molar-refractivity contribution in [1.29, 1.82) is 0 Å². The van der Waals surface area contributed by atoms with Gasteiger partial charge in [-0.1, -0.05) is 58.9 Å². The van der Waals surface area contributed by atoms with Gasteiger partial charge in [-0.05, 0) is 47.2 Å². The van der Waals surface area contributed by atoms with Gasteiger partial charge in [0.1, 0.15) is 18.1 Å². The van der Waals surface area contributed by atoms with Crippen molar-refractivity contribution in [3.8, 4) is 11.5 Å². The molecule has 0 saturated heterocycles. The monoisotopic (exact) mass is 342 g/mol. The van der Waals surface area contributed by atoms with Crippen molar-refractivity contribution in [1.82, 2.24) is 0 Å². The third-order valence-electron chi connectivity index (χ3n) is 4.46. The molecular weight excluding hydrogens is 312 g/mol. The number of rotatable bonds is 6. The second-order valence-electron chi connectivity index (χ2n) is 8.43. The van der Waals surface area contributed by atoms with Gasteiger partial charge in [0.15, 0.2) is 0 Å². The first kappa shape index (κ1) is 19.3. The highest BCUT2D eigenvalue weighted by Gasteiger charge is 2.23.